The van der Waals surface area contributed by atoms with E-state index in [1.807, 2.05) is 6.92 Å². The third-order valence-electron chi connectivity index (χ3n) is 3.08. The number of hydrogen-bond acceptors (Lipinski definition) is 1. The van der Waals surface area contributed by atoms with Gasteiger partial charge in [0, 0.05) is 6.04 Å². The van der Waals surface area contributed by atoms with E-state index in [1.54, 1.807) is 12.1 Å². The summed E-state index contributed by atoms with van der Waals surface area (Å²) in [6, 6.07) is 5.80. The van der Waals surface area contributed by atoms with E-state index in [2.05, 4.69) is 32.2 Å². The molecule has 2 heteroatoms. The normalized spacial score (nSPS) is 14.6. The van der Waals surface area contributed by atoms with Gasteiger partial charge >= 0.3 is 0 Å². The van der Waals surface area contributed by atoms with Crippen molar-refractivity contribution >= 4 is 0 Å². The van der Waals surface area contributed by atoms with Crippen LogP contribution in [-0.2, 0) is 0 Å². The number of hydrogen-bond donors (Lipinski definition) is 1. The van der Waals surface area contributed by atoms with Gasteiger partial charge in [-0.2, -0.15) is 0 Å². The van der Waals surface area contributed by atoms with E-state index in [4.69, 9.17) is 0 Å². The molecule has 0 amide bonds. The van der Waals surface area contributed by atoms with Gasteiger partial charge < -0.3 is 5.32 Å². The van der Waals surface area contributed by atoms with Gasteiger partial charge in [0.1, 0.15) is 5.82 Å². The smallest absolute Gasteiger partial charge is 0.123 e. The Hall–Kier alpha value is -0.890. The van der Waals surface area contributed by atoms with Crippen LogP contribution in [0.3, 0.4) is 0 Å². The van der Waals surface area contributed by atoms with Crippen molar-refractivity contribution in [2.75, 3.05) is 6.54 Å². The molecule has 1 nitrogen and oxygen atoms in total. The molecule has 0 aromatic heterocycles. The molecule has 0 aliphatic rings. The first-order valence-electron chi connectivity index (χ1n) is 6.53. The molecule has 2 atom stereocenters. The maximum Gasteiger partial charge on any atom is 0.123 e. The van der Waals surface area contributed by atoms with Gasteiger partial charge in [-0.15, -0.1) is 0 Å². The van der Waals surface area contributed by atoms with Crippen molar-refractivity contribution < 1.29 is 4.39 Å². The summed E-state index contributed by atoms with van der Waals surface area (Å²) >= 11 is 0. The highest BCUT2D eigenvalue weighted by Crippen LogP contribution is 2.22. The van der Waals surface area contributed by atoms with Crippen LogP contribution in [0.2, 0.25) is 0 Å². The monoisotopic (exact) mass is 237 g/mol. The molecule has 1 aromatic rings. The first kappa shape index (κ1) is 14.2. The van der Waals surface area contributed by atoms with Crippen LogP contribution < -0.4 is 5.32 Å². The number of nitrogens with one attached hydrogen (secondary N) is 1. The third-order valence-corrected chi connectivity index (χ3v) is 3.08. The molecule has 0 aliphatic heterocycles. The zero-order chi connectivity index (χ0) is 12.8. The predicted octanol–water partition coefficient (Wildman–Crippen LogP) is 4.02. The van der Waals surface area contributed by atoms with Gasteiger partial charge in [-0.1, -0.05) is 19.9 Å². The Bertz CT molecular complexity index is 329. The lowest BCUT2D eigenvalue weighted by Crippen LogP contribution is -2.28. The Balaban J connectivity index is 2.59. The largest absolute Gasteiger partial charge is 0.314 e. The molecule has 0 saturated carbocycles. The highest BCUT2D eigenvalue weighted by Gasteiger charge is 2.11. The molecule has 0 saturated heterocycles. The van der Waals surface area contributed by atoms with Crippen molar-refractivity contribution in [1.82, 2.24) is 5.32 Å². The Morgan fingerprint density at radius 2 is 1.94 bits per heavy atom. The summed E-state index contributed by atoms with van der Waals surface area (Å²) < 4.78 is 13.3. The van der Waals surface area contributed by atoms with Gasteiger partial charge in [0.2, 0.25) is 0 Å². The van der Waals surface area contributed by atoms with Crippen molar-refractivity contribution in [2.45, 2.75) is 52.5 Å². The Labute approximate surface area is 104 Å². The van der Waals surface area contributed by atoms with Gasteiger partial charge in [-0.25, -0.2) is 4.39 Å². The first-order chi connectivity index (χ1) is 8.02. The van der Waals surface area contributed by atoms with E-state index in [9.17, 15) is 4.39 Å². The minimum Gasteiger partial charge on any atom is -0.314 e. The second kappa shape index (κ2) is 6.75. The van der Waals surface area contributed by atoms with Crippen LogP contribution >= 0.6 is 0 Å². The second-order valence-corrected chi connectivity index (χ2v) is 5.05. The minimum atomic E-state index is -0.124. The molecule has 17 heavy (non-hydrogen) atoms. The fourth-order valence-electron chi connectivity index (χ4n) is 2.19. The fourth-order valence-corrected chi connectivity index (χ4v) is 2.19. The van der Waals surface area contributed by atoms with Crippen LogP contribution in [0.4, 0.5) is 4.39 Å². The second-order valence-electron chi connectivity index (χ2n) is 5.05. The summed E-state index contributed by atoms with van der Waals surface area (Å²) in [4.78, 5) is 0. The maximum absolute atomic E-state index is 13.3. The van der Waals surface area contributed by atoms with E-state index in [0.29, 0.717) is 12.0 Å². The average molecular weight is 237 g/mol. The molecule has 0 bridgehead atoms. The summed E-state index contributed by atoms with van der Waals surface area (Å²) in [6.45, 7) is 9.52. The molecular weight excluding hydrogens is 213 g/mol. The zero-order valence-corrected chi connectivity index (χ0v) is 11.4. The standard InChI is InChI=1S/C15H24FN/c1-5-6-17-13(4)9-12(3)14-7-11(2)8-15(16)10-14/h7-8,10,12-13,17H,5-6,9H2,1-4H3. The third kappa shape index (κ3) is 4.86. The van der Waals surface area contributed by atoms with E-state index in [0.717, 1.165) is 30.5 Å². The van der Waals surface area contributed by atoms with Crippen LogP contribution in [0, 0.1) is 12.7 Å². The first-order valence-corrected chi connectivity index (χ1v) is 6.53. The Morgan fingerprint density at radius 3 is 2.53 bits per heavy atom. The van der Waals surface area contributed by atoms with Gasteiger partial charge in [-0.05, 0) is 62.4 Å². The SMILES string of the molecule is CCCNC(C)CC(C)c1cc(C)cc(F)c1. The van der Waals surface area contributed by atoms with Crippen LogP contribution in [0.25, 0.3) is 0 Å². The lowest BCUT2D eigenvalue weighted by molar-refractivity contribution is 0.477. The summed E-state index contributed by atoms with van der Waals surface area (Å²) in [5.41, 5.74) is 2.11. The fraction of sp³-hybridized carbons (Fsp3) is 0.600. The van der Waals surface area contributed by atoms with Gasteiger partial charge in [-0.3, -0.25) is 0 Å². The molecule has 2 unspecified atom stereocenters. The Kier molecular flexibility index (Phi) is 5.63. The Morgan fingerprint density at radius 1 is 1.24 bits per heavy atom. The van der Waals surface area contributed by atoms with Crippen LogP contribution in [0.1, 0.15) is 50.7 Å². The molecule has 0 spiro atoms. The van der Waals surface area contributed by atoms with Crippen molar-refractivity contribution in [3.05, 3.63) is 35.1 Å². The lowest BCUT2D eigenvalue weighted by Gasteiger charge is -2.19. The van der Waals surface area contributed by atoms with Crippen LogP contribution in [0.15, 0.2) is 18.2 Å². The van der Waals surface area contributed by atoms with Crippen molar-refractivity contribution in [3.63, 3.8) is 0 Å². The van der Waals surface area contributed by atoms with Crippen LogP contribution in [0.5, 0.6) is 0 Å². The van der Waals surface area contributed by atoms with E-state index in [1.165, 1.54) is 0 Å². The van der Waals surface area contributed by atoms with Crippen molar-refractivity contribution in [2.24, 2.45) is 0 Å². The predicted molar refractivity (Wildman–Crippen MR) is 71.9 cm³/mol. The zero-order valence-electron chi connectivity index (χ0n) is 11.4. The summed E-state index contributed by atoms with van der Waals surface area (Å²) in [6.07, 6.45) is 2.20. The number of halogens is 1. The van der Waals surface area contributed by atoms with E-state index >= 15 is 0 Å². The molecule has 96 valence electrons. The molecule has 1 rings (SSSR count). The minimum absolute atomic E-state index is 0.124. The molecule has 0 heterocycles. The molecule has 0 aliphatic carbocycles. The van der Waals surface area contributed by atoms with Gasteiger partial charge in [0.15, 0.2) is 0 Å². The van der Waals surface area contributed by atoms with Gasteiger partial charge in [0.25, 0.3) is 0 Å². The number of aryl methyl sites for hydroxylation is 1. The molecule has 0 fully saturated rings. The summed E-state index contributed by atoms with van der Waals surface area (Å²) in [5.74, 6) is 0.268. The number of rotatable bonds is 6. The maximum atomic E-state index is 13.3. The molecule has 1 aromatic carbocycles. The molecule has 1 N–H and O–H groups in total. The summed E-state index contributed by atoms with van der Waals surface area (Å²) in [5, 5.41) is 3.47. The van der Waals surface area contributed by atoms with Crippen molar-refractivity contribution in [3.8, 4) is 0 Å². The average Bonchev–Trinajstić information content (AvgIpc) is 2.25. The molecule has 0 radical (unpaired) electrons. The summed E-state index contributed by atoms with van der Waals surface area (Å²) in [7, 11) is 0. The van der Waals surface area contributed by atoms with E-state index in [-0.39, 0.29) is 5.82 Å². The van der Waals surface area contributed by atoms with Gasteiger partial charge in [0.05, 0.1) is 0 Å². The van der Waals surface area contributed by atoms with Crippen LogP contribution in [-0.4, -0.2) is 12.6 Å². The molecular formula is C15H24FN. The topological polar surface area (TPSA) is 12.0 Å². The number of benzene rings is 1. The van der Waals surface area contributed by atoms with Crippen molar-refractivity contribution in [1.29, 1.82) is 0 Å². The highest BCUT2D eigenvalue weighted by atomic mass is 19.1. The quantitative estimate of drug-likeness (QED) is 0.788. The lowest BCUT2D eigenvalue weighted by atomic mass is 9.93. The highest BCUT2D eigenvalue weighted by molar-refractivity contribution is 5.26. The van der Waals surface area contributed by atoms with E-state index < -0.39 is 0 Å².